The standard InChI is InChI=1S/C10H12Cl2N2O2/c1-6(5-15)13-10(16)14-9-3-2-7(11)4-8(9)12/h2-4,6,15H,5H2,1H3,(H2,13,14,16). The number of halogens is 2. The first kappa shape index (κ1) is 13.1. The van der Waals surface area contributed by atoms with Crippen LogP contribution in [-0.4, -0.2) is 23.8 Å². The predicted molar refractivity (Wildman–Crippen MR) is 65.2 cm³/mol. The number of amides is 2. The Kier molecular flexibility index (Phi) is 4.86. The summed E-state index contributed by atoms with van der Waals surface area (Å²) in [7, 11) is 0. The van der Waals surface area contributed by atoms with E-state index in [0.29, 0.717) is 15.7 Å². The minimum absolute atomic E-state index is 0.123. The summed E-state index contributed by atoms with van der Waals surface area (Å²) in [6.45, 7) is 1.56. The molecule has 1 unspecified atom stereocenters. The van der Waals surface area contributed by atoms with Gasteiger partial charge in [-0.1, -0.05) is 23.2 Å². The van der Waals surface area contributed by atoms with Crippen molar-refractivity contribution in [1.29, 1.82) is 0 Å². The Balaban J connectivity index is 2.63. The summed E-state index contributed by atoms with van der Waals surface area (Å²) in [5, 5.41) is 14.7. The van der Waals surface area contributed by atoms with Crippen molar-refractivity contribution in [2.24, 2.45) is 0 Å². The lowest BCUT2D eigenvalue weighted by Crippen LogP contribution is -2.38. The zero-order valence-corrected chi connectivity index (χ0v) is 10.1. The number of benzene rings is 1. The van der Waals surface area contributed by atoms with Crippen molar-refractivity contribution in [3.63, 3.8) is 0 Å². The van der Waals surface area contributed by atoms with Crippen LogP contribution < -0.4 is 10.6 Å². The van der Waals surface area contributed by atoms with Crippen LogP contribution >= 0.6 is 23.2 Å². The summed E-state index contributed by atoms with van der Waals surface area (Å²) in [4.78, 5) is 11.4. The van der Waals surface area contributed by atoms with Gasteiger partial charge in [-0.15, -0.1) is 0 Å². The number of rotatable bonds is 3. The molecule has 0 spiro atoms. The molecule has 0 aliphatic carbocycles. The van der Waals surface area contributed by atoms with Gasteiger partial charge < -0.3 is 15.7 Å². The van der Waals surface area contributed by atoms with Crippen LogP contribution in [0, 0.1) is 0 Å². The van der Waals surface area contributed by atoms with Crippen molar-refractivity contribution < 1.29 is 9.90 Å². The average Bonchev–Trinajstić information content (AvgIpc) is 2.22. The third-order valence-corrected chi connectivity index (χ3v) is 2.38. The van der Waals surface area contributed by atoms with Crippen molar-refractivity contribution >= 4 is 34.9 Å². The van der Waals surface area contributed by atoms with E-state index in [0.717, 1.165) is 0 Å². The van der Waals surface area contributed by atoms with Crippen molar-refractivity contribution in [2.45, 2.75) is 13.0 Å². The zero-order chi connectivity index (χ0) is 12.1. The fourth-order valence-corrected chi connectivity index (χ4v) is 1.47. The summed E-state index contributed by atoms with van der Waals surface area (Å²) < 4.78 is 0. The van der Waals surface area contributed by atoms with E-state index in [1.54, 1.807) is 19.1 Å². The number of carbonyl (C=O) groups excluding carboxylic acids is 1. The van der Waals surface area contributed by atoms with Gasteiger partial charge in [-0.05, 0) is 25.1 Å². The summed E-state index contributed by atoms with van der Waals surface area (Å²) in [6, 6.07) is 4.03. The van der Waals surface area contributed by atoms with Gasteiger partial charge in [0.1, 0.15) is 0 Å². The molecule has 1 rings (SSSR count). The van der Waals surface area contributed by atoms with Crippen molar-refractivity contribution in [3.8, 4) is 0 Å². The molecule has 88 valence electrons. The molecule has 0 aliphatic rings. The maximum absolute atomic E-state index is 11.4. The van der Waals surface area contributed by atoms with Gasteiger partial charge in [-0.25, -0.2) is 4.79 Å². The molecule has 0 aromatic heterocycles. The molecule has 0 radical (unpaired) electrons. The quantitative estimate of drug-likeness (QED) is 0.784. The van der Waals surface area contributed by atoms with Crippen molar-refractivity contribution in [3.05, 3.63) is 28.2 Å². The third kappa shape index (κ3) is 3.89. The van der Waals surface area contributed by atoms with E-state index in [1.165, 1.54) is 6.07 Å². The zero-order valence-electron chi connectivity index (χ0n) is 8.63. The molecule has 2 amide bonds. The Morgan fingerprint density at radius 2 is 2.19 bits per heavy atom. The molecule has 6 heteroatoms. The van der Waals surface area contributed by atoms with E-state index in [1.807, 2.05) is 0 Å². The van der Waals surface area contributed by atoms with E-state index < -0.39 is 6.03 Å². The normalized spacial score (nSPS) is 12.0. The van der Waals surface area contributed by atoms with Crippen molar-refractivity contribution in [2.75, 3.05) is 11.9 Å². The van der Waals surface area contributed by atoms with Gasteiger partial charge in [0.05, 0.1) is 23.4 Å². The molecule has 0 heterocycles. The maximum Gasteiger partial charge on any atom is 0.319 e. The first-order valence-corrected chi connectivity index (χ1v) is 5.42. The highest BCUT2D eigenvalue weighted by Crippen LogP contribution is 2.25. The van der Waals surface area contributed by atoms with Gasteiger partial charge in [-0.2, -0.15) is 0 Å². The summed E-state index contributed by atoms with van der Waals surface area (Å²) >= 11 is 11.6. The molecule has 1 aromatic rings. The highest BCUT2D eigenvalue weighted by molar-refractivity contribution is 6.36. The van der Waals surface area contributed by atoms with Crippen molar-refractivity contribution in [1.82, 2.24) is 5.32 Å². The summed E-state index contributed by atoms with van der Waals surface area (Å²) in [6.07, 6.45) is 0. The highest BCUT2D eigenvalue weighted by Gasteiger charge is 2.08. The molecule has 0 bridgehead atoms. The van der Waals surface area contributed by atoms with Crippen LogP contribution in [-0.2, 0) is 0 Å². The van der Waals surface area contributed by atoms with Gasteiger partial charge in [0, 0.05) is 5.02 Å². The van der Waals surface area contributed by atoms with Gasteiger partial charge >= 0.3 is 6.03 Å². The fraction of sp³-hybridized carbons (Fsp3) is 0.300. The van der Waals surface area contributed by atoms with Gasteiger partial charge in [0.15, 0.2) is 0 Å². The Bertz CT molecular complexity index is 385. The fourth-order valence-electron chi connectivity index (χ4n) is 1.02. The van der Waals surface area contributed by atoms with E-state index in [4.69, 9.17) is 28.3 Å². The molecule has 0 fully saturated rings. The van der Waals surface area contributed by atoms with Gasteiger partial charge in [0.2, 0.25) is 0 Å². The van der Waals surface area contributed by atoms with E-state index in [9.17, 15) is 4.79 Å². The number of aliphatic hydroxyl groups excluding tert-OH is 1. The molecule has 0 saturated heterocycles. The molecular formula is C10H12Cl2N2O2. The first-order valence-electron chi connectivity index (χ1n) is 4.66. The number of hydrogen-bond acceptors (Lipinski definition) is 2. The number of hydrogen-bond donors (Lipinski definition) is 3. The molecule has 16 heavy (non-hydrogen) atoms. The minimum atomic E-state index is -0.425. The topological polar surface area (TPSA) is 61.4 Å². The van der Waals surface area contributed by atoms with E-state index >= 15 is 0 Å². The highest BCUT2D eigenvalue weighted by atomic mass is 35.5. The minimum Gasteiger partial charge on any atom is -0.394 e. The van der Waals surface area contributed by atoms with Crippen LogP contribution in [0.25, 0.3) is 0 Å². The largest absolute Gasteiger partial charge is 0.394 e. The number of anilines is 1. The Hall–Kier alpha value is -0.970. The second-order valence-electron chi connectivity index (χ2n) is 3.31. The van der Waals surface area contributed by atoms with Crippen LogP contribution in [0.1, 0.15) is 6.92 Å². The molecule has 0 saturated carbocycles. The lowest BCUT2D eigenvalue weighted by Gasteiger charge is -2.12. The van der Waals surface area contributed by atoms with Crippen LogP contribution in [0.5, 0.6) is 0 Å². The molecule has 4 nitrogen and oxygen atoms in total. The van der Waals surface area contributed by atoms with E-state index in [2.05, 4.69) is 10.6 Å². The summed E-state index contributed by atoms with van der Waals surface area (Å²) in [5.74, 6) is 0. The van der Waals surface area contributed by atoms with Crippen LogP contribution in [0.4, 0.5) is 10.5 Å². The smallest absolute Gasteiger partial charge is 0.319 e. The van der Waals surface area contributed by atoms with Crippen LogP contribution in [0.2, 0.25) is 10.0 Å². The van der Waals surface area contributed by atoms with Crippen LogP contribution in [0.15, 0.2) is 18.2 Å². The second kappa shape index (κ2) is 5.94. The Morgan fingerprint density at radius 1 is 1.50 bits per heavy atom. The van der Waals surface area contributed by atoms with Gasteiger partial charge in [-0.3, -0.25) is 0 Å². The summed E-state index contributed by atoms with van der Waals surface area (Å²) in [5.41, 5.74) is 0.466. The predicted octanol–water partition coefficient (Wildman–Crippen LogP) is 2.50. The monoisotopic (exact) mass is 262 g/mol. The molecular weight excluding hydrogens is 251 g/mol. The van der Waals surface area contributed by atoms with Gasteiger partial charge in [0.25, 0.3) is 0 Å². The molecule has 3 N–H and O–H groups in total. The molecule has 0 aliphatic heterocycles. The average molecular weight is 263 g/mol. The first-order chi connectivity index (χ1) is 7.52. The molecule has 1 aromatic carbocycles. The third-order valence-electron chi connectivity index (χ3n) is 1.83. The number of carbonyl (C=O) groups is 1. The number of urea groups is 1. The second-order valence-corrected chi connectivity index (χ2v) is 4.15. The number of nitrogens with one attached hydrogen (secondary N) is 2. The lowest BCUT2D eigenvalue weighted by atomic mass is 10.3. The lowest BCUT2D eigenvalue weighted by molar-refractivity contribution is 0.229. The molecule has 1 atom stereocenters. The van der Waals surface area contributed by atoms with E-state index in [-0.39, 0.29) is 12.6 Å². The maximum atomic E-state index is 11.4. The number of aliphatic hydroxyl groups is 1. The Labute approximate surface area is 104 Å². The Morgan fingerprint density at radius 3 is 2.75 bits per heavy atom. The van der Waals surface area contributed by atoms with Crippen LogP contribution in [0.3, 0.4) is 0 Å². The SMILES string of the molecule is CC(CO)NC(=O)Nc1ccc(Cl)cc1Cl.